The average molecular weight is 492 g/mol. The predicted molar refractivity (Wildman–Crippen MR) is 144 cm³/mol. The van der Waals surface area contributed by atoms with Gasteiger partial charge in [0.25, 0.3) is 0 Å². The van der Waals surface area contributed by atoms with Crippen molar-refractivity contribution in [1.82, 2.24) is 0 Å². The van der Waals surface area contributed by atoms with Gasteiger partial charge in [0.2, 0.25) is 0 Å². The summed E-state index contributed by atoms with van der Waals surface area (Å²) in [6.45, 7) is 21.0. The van der Waals surface area contributed by atoms with Crippen LogP contribution in [0, 0.1) is 11.3 Å². The van der Waals surface area contributed by atoms with Gasteiger partial charge in [0.15, 0.2) is 0 Å². The third-order valence-electron chi connectivity index (χ3n) is 6.26. The summed E-state index contributed by atoms with van der Waals surface area (Å²) in [6.07, 6.45) is -0.742. The standard InChI is InChI=1S/C28H37BN2O5/c1-18(2)33-23-14-12-20-11-13-21(29-35-27(7,8)28(9,10)36-29)15-22(20)24(23)31(17-19(3)16-30)25(32)34-26(4,5)6/h11-15,18H,3,17H2,1-2,4-10H3. The van der Waals surface area contributed by atoms with Gasteiger partial charge in [0, 0.05) is 11.0 Å². The van der Waals surface area contributed by atoms with Crippen LogP contribution in [0.2, 0.25) is 0 Å². The van der Waals surface area contributed by atoms with Crippen LogP contribution in [0.1, 0.15) is 62.3 Å². The molecular formula is C28H37BN2O5. The van der Waals surface area contributed by atoms with Gasteiger partial charge in [0.1, 0.15) is 11.4 Å². The van der Waals surface area contributed by atoms with Crippen molar-refractivity contribution in [1.29, 1.82) is 5.26 Å². The Labute approximate surface area is 215 Å². The molecule has 8 heteroatoms. The predicted octanol–water partition coefficient (Wildman–Crippen LogP) is 5.75. The summed E-state index contributed by atoms with van der Waals surface area (Å²) >= 11 is 0. The molecule has 1 saturated heterocycles. The zero-order valence-electron chi connectivity index (χ0n) is 22.9. The molecule has 3 rings (SSSR count). The molecule has 1 aliphatic heterocycles. The molecule has 0 aromatic heterocycles. The van der Waals surface area contributed by atoms with Gasteiger partial charge in [-0.3, -0.25) is 4.90 Å². The lowest BCUT2D eigenvalue weighted by Crippen LogP contribution is -2.41. The molecule has 0 radical (unpaired) electrons. The Morgan fingerprint density at radius 2 is 1.72 bits per heavy atom. The summed E-state index contributed by atoms with van der Waals surface area (Å²) in [7, 11) is -0.578. The van der Waals surface area contributed by atoms with E-state index in [0.29, 0.717) is 11.4 Å². The van der Waals surface area contributed by atoms with Crippen LogP contribution < -0.4 is 15.1 Å². The van der Waals surface area contributed by atoms with Gasteiger partial charge in [-0.15, -0.1) is 0 Å². The Morgan fingerprint density at radius 3 is 2.25 bits per heavy atom. The van der Waals surface area contributed by atoms with Crippen LogP contribution in [0.3, 0.4) is 0 Å². The van der Waals surface area contributed by atoms with Crippen LogP contribution in [0.25, 0.3) is 10.8 Å². The molecule has 0 saturated carbocycles. The highest BCUT2D eigenvalue weighted by atomic mass is 16.7. The van der Waals surface area contributed by atoms with Crippen molar-refractivity contribution in [2.24, 2.45) is 0 Å². The molecule has 1 fully saturated rings. The van der Waals surface area contributed by atoms with Crippen LogP contribution in [0.15, 0.2) is 42.5 Å². The fourth-order valence-electron chi connectivity index (χ4n) is 3.83. The van der Waals surface area contributed by atoms with Gasteiger partial charge in [-0.2, -0.15) is 5.26 Å². The number of nitriles is 1. The van der Waals surface area contributed by atoms with E-state index in [2.05, 4.69) is 6.58 Å². The average Bonchev–Trinajstić information content (AvgIpc) is 2.97. The monoisotopic (exact) mass is 492 g/mol. The number of nitrogens with zero attached hydrogens (tertiary/aromatic N) is 2. The minimum atomic E-state index is -0.735. The van der Waals surface area contributed by atoms with Crippen molar-refractivity contribution in [3.05, 3.63) is 42.5 Å². The van der Waals surface area contributed by atoms with E-state index >= 15 is 0 Å². The number of carbonyl (C=O) groups is 1. The molecule has 1 amide bonds. The van der Waals surface area contributed by atoms with Crippen molar-refractivity contribution in [3.63, 3.8) is 0 Å². The van der Waals surface area contributed by atoms with Crippen LogP contribution in [-0.4, -0.2) is 42.7 Å². The van der Waals surface area contributed by atoms with Gasteiger partial charge < -0.3 is 18.8 Å². The van der Waals surface area contributed by atoms with Crippen molar-refractivity contribution >= 4 is 35.1 Å². The SMILES string of the molecule is C=C(C#N)CN(C(=O)OC(C)(C)C)c1c(OC(C)C)ccc2ccc(B3OC(C)(C)C(C)(C)O3)cc12. The second kappa shape index (κ2) is 9.80. The third kappa shape index (κ3) is 5.85. The second-order valence-electron chi connectivity index (χ2n) is 11.4. The van der Waals surface area contributed by atoms with Crippen molar-refractivity contribution in [2.75, 3.05) is 11.4 Å². The van der Waals surface area contributed by atoms with Gasteiger partial charge in [-0.1, -0.05) is 30.8 Å². The zero-order valence-corrected chi connectivity index (χ0v) is 22.9. The molecule has 0 N–H and O–H groups in total. The minimum Gasteiger partial charge on any atom is -0.489 e. The maximum absolute atomic E-state index is 13.5. The minimum absolute atomic E-state index is 0.0420. The molecule has 0 spiro atoms. The lowest BCUT2D eigenvalue weighted by Gasteiger charge is -2.32. The molecule has 0 atom stereocenters. The first kappa shape index (κ1) is 27.6. The van der Waals surface area contributed by atoms with Gasteiger partial charge >= 0.3 is 13.2 Å². The molecule has 192 valence electrons. The largest absolute Gasteiger partial charge is 0.494 e. The molecule has 7 nitrogen and oxygen atoms in total. The van der Waals surface area contributed by atoms with E-state index in [1.807, 2.05) is 77.9 Å². The molecular weight excluding hydrogens is 455 g/mol. The van der Waals surface area contributed by atoms with Crippen LogP contribution in [0.4, 0.5) is 10.5 Å². The molecule has 0 aliphatic carbocycles. The molecule has 0 bridgehead atoms. The molecule has 1 aliphatic rings. The fourth-order valence-corrected chi connectivity index (χ4v) is 3.83. The Hall–Kier alpha value is -3.02. The Morgan fingerprint density at radius 1 is 1.14 bits per heavy atom. The number of amides is 1. The molecule has 1 heterocycles. The number of anilines is 1. The van der Waals surface area contributed by atoms with E-state index in [9.17, 15) is 10.1 Å². The summed E-state index contributed by atoms with van der Waals surface area (Å²) in [6, 6.07) is 11.7. The summed E-state index contributed by atoms with van der Waals surface area (Å²) in [5.74, 6) is 0.500. The maximum Gasteiger partial charge on any atom is 0.494 e. The normalized spacial score (nSPS) is 16.6. The van der Waals surface area contributed by atoms with E-state index in [1.165, 1.54) is 4.90 Å². The highest BCUT2D eigenvalue weighted by molar-refractivity contribution is 6.62. The summed E-state index contributed by atoms with van der Waals surface area (Å²) in [5.41, 5.74) is -0.190. The van der Waals surface area contributed by atoms with E-state index in [0.717, 1.165) is 16.2 Å². The van der Waals surface area contributed by atoms with Crippen LogP contribution in [0.5, 0.6) is 5.75 Å². The van der Waals surface area contributed by atoms with Gasteiger partial charge in [0.05, 0.1) is 35.6 Å². The Balaban J connectivity index is 2.23. The molecule has 2 aromatic rings. The first-order valence-corrected chi connectivity index (χ1v) is 12.2. The number of hydrogen-bond acceptors (Lipinski definition) is 6. The second-order valence-corrected chi connectivity index (χ2v) is 11.4. The fraction of sp³-hybridized carbons (Fsp3) is 0.500. The van der Waals surface area contributed by atoms with E-state index in [-0.39, 0.29) is 18.2 Å². The number of benzene rings is 2. The zero-order chi connectivity index (χ0) is 27.1. The highest BCUT2D eigenvalue weighted by Crippen LogP contribution is 2.40. The number of rotatable bonds is 6. The molecule has 0 unspecified atom stereocenters. The number of hydrogen-bond donors (Lipinski definition) is 0. The van der Waals surface area contributed by atoms with Crippen molar-refractivity contribution in [3.8, 4) is 11.8 Å². The van der Waals surface area contributed by atoms with Crippen molar-refractivity contribution < 1.29 is 23.6 Å². The summed E-state index contributed by atoms with van der Waals surface area (Å²) in [4.78, 5) is 14.9. The van der Waals surface area contributed by atoms with E-state index < -0.39 is 30.0 Å². The maximum atomic E-state index is 13.5. The molecule has 36 heavy (non-hydrogen) atoms. The highest BCUT2D eigenvalue weighted by Gasteiger charge is 2.51. The van der Waals surface area contributed by atoms with Gasteiger partial charge in [-0.05, 0) is 79.2 Å². The van der Waals surface area contributed by atoms with Crippen LogP contribution >= 0.6 is 0 Å². The quantitative estimate of drug-likeness (QED) is 0.378. The smallest absolute Gasteiger partial charge is 0.489 e. The number of ether oxygens (including phenoxy) is 2. The van der Waals surface area contributed by atoms with E-state index in [1.54, 1.807) is 20.8 Å². The van der Waals surface area contributed by atoms with E-state index in [4.69, 9.17) is 18.8 Å². The first-order valence-electron chi connectivity index (χ1n) is 12.2. The van der Waals surface area contributed by atoms with Crippen molar-refractivity contribution in [2.45, 2.75) is 85.2 Å². The lowest BCUT2D eigenvalue weighted by atomic mass is 9.78. The first-order chi connectivity index (χ1) is 16.5. The van der Waals surface area contributed by atoms with Crippen LogP contribution in [-0.2, 0) is 14.0 Å². The Kier molecular flexibility index (Phi) is 7.50. The number of carbonyl (C=O) groups excluding carboxylic acids is 1. The third-order valence-corrected chi connectivity index (χ3v) is 6.26. The Bertz CT molecular complexity index is 1190. The molecule has 2 aromatic carbocycles. The van der Waals surface area contributed by atoms with Gasteiger partial charge in [-0.25, -0.2) is 4.79 Å². The summed E-state index contributed by atoms with van der Waals surface area (Å²) in [5, 5.41) is 11.1. The topological polar surface area (TPSA) is 81.0 Å². The lowest BCUT2D eigenvalue weighted by molar-refractivity contribution is 0.00578. The summed E-state index contributed by atoms with van der Waals surface area (Å²) < 4.78 is 24.4. The number of fused-ring (bicyclic) bond motifs is 1.